The molecule has 15 heavy (non-hydrogen) atoms. The van der Waals surface area contributed by atoms with Gasteiger partial charge in [0.1, 0.15) is 0 Å². The topological polar surface area (TPSA) is 60.8 Å². The predicted molar refractivity (Wildman–Crippen MR) is 55.2 cm³/mol. The Bertz CT molecular complexity index is 290. The average molecular weight is 211 g/mol. The predicted octanol–water partition coefficient (Wildman–Crippen LogP) is 0.0524. The maximum atomic E-state index is 11.1. The van der Waals surface area contributed by atoms with Crippen LogP contribution in [0.15, 0.2) is 11.8 Å². The van der Waals surface area contributed by atoms with E-state index < -0.39 is 5.60 Å². The summed E-state index contributed by atoms with van der Waals surface area (Å²) in [6.07, 6.45) is 4.32. The Labute approximate surface area is 89.2 Å². The van der Waals surface area contributed by atoms with Crippen molar-refractivity contribution in [1.82, 2.24) is 4.90 Å². The molecule has 0 bridgehead atoms. The van der Waals surface area contributed by atoms with Crippen LogP contribution in [0.25, 0.3) is 0 Å². The van der Waals surface area contributed by atoms with E-state index in [0.29, 0.717) is 19.3 Å². The number of carbonyl (C=O) groups is 1. The lowest BCUT2D eigenvalue weighted by molar-refractivity contribution is -0.114. The van der Waals surface area contributed by atoms with Crippen molar-refractivity contribution >= 4 is 5.78 Å². The molecule has 0 atom stereocenters. The van der Waals surface area contributed by atoms with Crippen LogP contribution in [0.4, 0.5) is 0 Å². The van der Waals surface area contributed by atoms with Crippen LogP contribution in [-0.2, 0) is 4.79 Å². The van der Waals surface area contributed by atoms with E-state index >= 15 is 0 Å². The van der Waals surface area contributed by atoms with Crippen LogP contribution >= 0.6 is 0 Å². The summed E-state index contributed by atoms with van der Waals surface area (Å²) >= 11 is 0. The molecule has 1 fully saturated rings. The lowest BCUT2D eigenvalue weighted by atomic mass is 9.92. The third-order valence-corrected chi connectivity index (χ3v) is 3.35. The van der Waals surface area contributed by atoms with E-state index in [1.54, 1.807) is 6.08 Å². The van der Waals surface area contributed by atoms with Crippen LogP contribution in [0.2, 0.25) is 0 Å². The lowest BCUT2D eigenvalue weighted by Gasteiger charge is -2.38. The highest BCUT2D eigenvalue weighted by Crippen LogP contribution is 2.27. The van der Waals surface area contributed by atoms with Gasteiger partial charge in [0, 0.05) is 31.3 Å². The molecule has 0 spiro atoms. The minimum Gasteiger partial charge on any atom is -0.393 e. The summed E-state index contributed by atoms with van der Waals surface area (Å²) in [5.74, 6) is 0.202. The molecular formula is C11H17NO3. The number of rotatable bonds is 2. The number of aliphatic hydroxyl groups excluding tert-OH is 1. The largest absolute Gasteiger partial charge is 0.393 e. The fourth-order valence-corrected chi connectivity index (χ4v) is 2.20. The summed E-state index contributed by atoms with van der Waals surface area (Å²) in [7, 11) is 0. The fraction of sp³-hybridized carbons (Fsp3) is 0.727. The van der Waals surface area contributed by atoms with Crippen molar-refractivity contribution in [2.24, 2.45) is 0 Å². The highest BCUT2D eigenvalue weighted by atomic mass is 16.3. The van der Waals surface area contributed by atoms with E-state index in [4.69, 9.17) is 5.11 Å². The Balaban J connectivity index is 1.94. The summed E-state index contributed by atoms with van der Waals surface area (Å²) in [6, 6.07) is 0. The molecule has 4 heteroatoms. The van der Waals surface area contributed by atoms with Crippen LogP contribution in [-0.4, -0.2) is 46.2 Å². The second-order valence-corrected chi connectivity index (χ2v) is 4.47. The van der Waals surface area contributed by atoms with Gasteiger partial charge in [0.2, 0.25) is 0 Å². The summed E-state index contributed by atoms with van der Waals surface area (Å²) in [6.45, 7) is 1.30. The van der Waals surface area contributed by atoms with E-state index in [1.807, 2.05) is 0 Å². The average Bonchev–Trinajstić information content (AvgIpc) is 2.66. The first-order valence-electron chi connectivity index (χ1n) is 5.45. The van der Waals surface area contributed by atoms with Crippen LogP contribution in [0.5, 0.6) is 0 Å². The Morgan fingerprint density at radius 3 is 2.47 bits per heavy atom. The van der Waals surface area contributed by atoms with E-state index in [2.05, 4.69) is 4.90 Å². The molecule has 0 amide bonds. The Morgan fingerprint density at radius 2 is 2.00 bits per heavy atom. The highest BCUT2D eigenvalue weighted by Gasteiger charge is 2.32. The Kier molecular flexibility index (Phi) is 2.80. The summed E-state index contributed by atoms with van der Waals surface area (Å²) < 4.78 is 0. The first-order valence-corrected chi connectivity index (χ1v) is 5.45. The molecule has 1 heterocycles. The molecular weight excluding hydrogens is 194 g/mol. The molecule has 0 aromatic carbocycles. The van der Waals surface area contributed by atoms with Crippen molar-refractivity contribution in [3.8, 4) is 0 Å². The summed E-state index contributed by atoms with van der Waals surface area (Å²) in [5, 5.41) is 18.8. The van der Waals surface area contributed by atoms with Gasteiger partial charge in [-0.05, 0) is 19.3 Å². The van der Waals surface area contributed by atoms with Gasteiger partial charge in [-0.3, -0.25) is 4.79 Å². The van der Waals surface area contributed by atoms with Crippen molar-refractivity contribution in [2.75, 3.05) is 19.7 Å². The molecule has 84 valence electrons. The second kappa shape index (κ2) is 3.94. The smallest absolute Gasteiger partial charge is 0.157 e. The molecule has 0 aromatic rings. The lowest BCUT2D eigenvalue weighted by Crippen LogP contribution is -2.46. The van der Waals surface area contributed by atoms with Gasteiger partial charge in [-0.2, -0.15) is 0 Å². The number of hydrogen-bond donors (Lipinski definition) is 2. The number of hydrogen-bond acceptors (Lipinski definition) is 4. The van der Waals surface area contributed by atoms with E-state index in [-0.39, 0.29) is 12.4 Å². The first kappa shape index (κ1) is 10.6. The van der Waals surface area contributed by atoms with Crippen LogP contribution < -0.4 is 0 Å². The number of ketones is 1. The quantitative estimate of drug-likeness (QED) is 0.677. The highest BCUT2D eigenvalue weighted by molar-refractivity contribution is 5.92. The Morgan fingerprint density at radius 1 is 1.33 bits per heavy atom. The number of nitrogens with zero attached hydrogens (tertiary/aromatic N) is 1. The zero-order chi connectivity index (χ0) is 10.9. The van der Waals surface area contributed by atoms with Crippen LogP contribution in [0.1, 0.15) is 25.7 Å². The van der Waals surface area contributed by atoms with Crippen molar-refractivity contribution < 1.29 is 15.0 Å². The maximum absolute atomic E-state index is 11.1. The van der Waals surface area contributed by atoms with Crippen LogP contribution in [0, 0.1) is 0 Å². The van der Waals surface area contributed by atoms with Crippen LogP contribution in [0.3, 0.4) is 0 Å². The number of piperidine rings is 1. The van der Waals surface area contributed by atoms with Crippen molar-refractivity contribution in [3.05, 3.63) is 11.8 Å². The number of likely N-dealkylation sites (tertiary alicyclic amines) is 1. The monoisotopic (exact) mass is 211 g/mol. The molecule has 1 aliphatic heterocycles. The van der Waals surface area contributed by atoms with Gasteiger partial charge < -0.3 is 15.1 Å². The zero-order valence-electron chi connectivity index (χ0n) is 8.78. The molecule has 4 nitrogen and oxygen atoms in total. The van der Waals surface area contributed by atoms with Crippen molar-refractivity contribution in [3.63, 3.8) is 0 Å². The van der Waals surface area contributed by atoms with Gasteiger partial charge in [-0.25, -0.2) is 0 Å². The first-order chi connectivity index (χ1) is 7.13. The van der Waals surface area contributed by atoms with Gasteiger partial charge in [-0.1, -0.05) is 0 Å². The van der Waals surface area contributed by atoms with Gasteiger partial charge in [0.15, 0.2) is 5.78 Å². The molecule has 0 radical (unpaired) electrons. The normalized spacial score (nSPS) is 25.6. The minimum atomic E-state index is -0.903. The van der Waals surface area contributed by atoms with E-state index in [0.717, 1.165) is 25.2 Å². The third-order valence-electron chi connectivity index (χ3n) is 3.35. The second-order valence-electron chi connectivity index (χ2n) is 4.47. The third kappa shape index (κ3) is 2.21. The van der Waals surface area contributed by atoms with Crippen molar-refractivity contribution in [1.29, 1.82) is 0 Å². The van der Waals surface area contributed by atoms with Gasteiger partial charge in [0.25, 0.3) is 0 Å². The summed E-state index contributed by atoms with van der Waals surface area (Å²) in [5.41, 5.74) is 0.194. The number of carbonyl (C=O) groups excluding carboxylic acids is 1. The number of allylic oxidation sites excluding steroid dienone is 2. The van der Waals surface area contributed by atoms with Gasteiger partial charge in [-0.15, -0.1) is 0 Å². The molecule has 2 rings (SSSR count). The SMILES string of the molecule is O=C1C=C(N2CCC(O)(CO)CC2)CC1. The molecule has 0 unspecified atom stereocenters. The van der Waals surface area contributed by atoms with Gasteiger partial charge in [0.05, 0.1) is 12.2 Å². The van der Waals surface area contributed by atoms with E-state index in [1.165, 1.54) is 0 Å². The zero-order valence-corrected chi connectivity index (χ0v) is 8.78. The molecule has 0 aromatic heterocycles. The molecule has 0 saturated carbocycles. The molecule has 1 saturated heterocycles. The molecule has 2 aliphatic rings. The maximum Gasteiger partial charge on any atom is 0.157 e. The Hall–Kier alpha value is -0.870. The molecule has 2 N–H and O–H groups in total. The summed E-state index contributed by atoms with van der Waals surface area (Å²) in [4.78, 5) is 13.2. The van der Waals surface area contributed by atoms with E-state index in [9.17, 15) is 9.90 Å². The standard InChI is InChI=1S/C11H17NO3/c13-8-11(15)3-5-12(6-4-11)9-1-2-10(14)7-9/h7,13,15H,1-6,8H2. The number of aliphatic hydroxyl groups is 2. The fourth-order valence-electron chi connectivity index (χ4n) is 2.20. The van der Waals surface area contributed by atoms with Crippen molar-refractivity contribution in [2.45, 2.75) is 31.3 Å². The van der Waals surface area contributed by atoms with Gasteiger partial charge >= 0.3 is 0 Å². The minimum absolute atomic E-state index is 0.168. The molecule has 1 aliphatic carbocycles.